The first kappa shape index (κ1) is 45.2. The number of epoxide rings is 1. The van der Waals surface area contributed by atoms with Crippen LogP contribution in [0.1, 0.15) is 121 Å². The predicted molar refractivity (Wildman–Crippen MR) is 211 cm³/mol. The van der Waals surface area contributed by atoms with Gasteiger partial charge in [0, 0.05) is 18.3 Å². The summed E-state index contributed by atoms with van der Waals surface area (Å²) in [5.74, 6) is -0.705. The van der Waals surface area contributed by atoms with E-state index in [1.807, 2.05) is 27.7 Å². The Morgan fingerprint density at radius 1 is 0.850 bits per heavy atom. The molecule has 5 saturated carbocycles. The minimum absolute atomic E-state index is 0.00442. The maximum absolute atomic E-state index is 14.6. The van der Waals surface area contributed by atoms with Gasteiger partial charge < -0.3 is 64.2 Å². The van der Waals surface area contributed by atoms with Gasteiger partial charge in [-0.3, -0.25) is 9.59 Å². The number of rotatable bonds is 10. The zero-order valence-corrected chi connectivity index (χ0v) is 37.1. The smallest absolute Gasteiger partial charge is 0.303 e. The molecule has 0 amide bonds. The second kappa shape index (κ2) is 14.3. The van der Waals surface area contributed by atoms with Gasteiger partial charge >= 0.3 is 5.97 Å². The van der Waals surface area contributed by atoms with Crippen LogP contribution in [-0.4, -0.2) is 145 Å². The molecule has 3 heterocycles. The second-order valence-corrected chi connectivity index (χ2v) is 22.3. The van der Waals surface area contributed by atoms with E-state index in [4.69, 9.17) is 28.4 Å². The SMILES string of the molecule is CC(=O)OC(C)(CC(C)C1C(=O)C(O)C2(C)C3CCC4C(C)(C)C(OC5OCC(O)C(OC6OC(CO)C(O)C(O)C6O)C5O)CCC45CC35CCC12C)C1(C)OC1(C)C. The molecule has 0 aromatic heterocycles. The van der Waals surface area contributed by atoms with Crippen LogP contribution >= 0.6 is 0 Å². The van der Waals surface area contributed by atoms with Crippen molar-refractivity contribution in [3.8, 4) is 0 Å². The third-order valence-electron chi connectivity index (χ3n) is 19.1. The van der Waals surface area contributed by atoms with Crippen molar-refractivity contribution in [3.63, 3.8) is 0 Å². The van der Waals surface area contributed by atoms with Gasteiger partial charge in [0.1, 0.15) is 60.0 Å². The average molecular weight is 853 g/mol. The molecule has 15 nitrogen and oxygen atoms in total. The first-order valence-electron chi connectivity index (χ1n) is 22.4. The van der Waals surface area contributed by atoms with Gasteiger partial charge in [0.15, 0.2) is 18.4 Å². The molecule has 15 heteroatoms. The van der Waals surface area contributed by atoms with E-state index in [0.29, 0.717) is 12.8 Å². The molecule has 342 valence electrons. The lowest BCUT2D eigenvalue weighted by atomic mass is 9.41. The third kappa shape index (κ3) is 5.96. The number of hydrogen-bond donors (Lipinski definition) is 7. The molecular formula is C45H72O15. The number of ether oxygens (including phenoxy) is 6. The molecule has 0 radical (unpaired) electrons. The number of fused-ring (bicyclic) bond motifs is 2. The monoisotopic (exact) mass is 852 g/mol. The molecule has 0 aromatic carbocycles. The van der Waals surface area contributed by atoms with Crippen molar-refractivity contribution >= 4 is 11.8 Å². The predicted octanol–water partition coefficient (Wildman–Crippen LogP) is 2.14. The molecule has 0 bridgehead atoms. The molecule has 21 atom stereocenters. The van der Waals surface area contributed by atoms with Gasteiger partial charge in [0.2, 0.25) is 0 Å². The highest BCUT2D eigenvalue weighted by molar-refractivity contribution is 5.90. The number of Topliss-reactive ketones (excluding diaryl/α,β-unsaturated/α-hetero) is 1. The van der Waals surface area contributed by atoms with Crippen LogP contribution in [0.3, 0.4) is 0 Å². The number of carbonyl (C=O) groups excluding carboxylic acids is 2. The van der Waals surface area contributed by atoms with Crippen molar-refractivity contribution in [3.05, 3.63) is 0 Å². The highest BCUT2D eigenvalue weighted by atomic mass is 16.7. The summed E-state index contributed by atoms with van der Waals surface area (Å²) in [6, 6.07) is 0. The maximum Gasteiger partial charge on any atom is 0.303 e. The third-order valence-corrected chi connectivity index (χ3v) is 19.1. The Labute approximate surface area is 353 Å². The number of carbonyl (C=O) groups is 2. The highest BCUT2D eigenvalue weighted by Crippen LogP contribution is 2.89. The molecule has 3 aliphatic heterocycles. The summed E-state index contributed by atoms with van der Waals surface area (Å²) >= 11 is 0. The van der Waals surface area contributed by atoms with E-state index in [2.05, 4.69) is 34.6 Å². The number of aliphatic hydroxyl groups excluding tert-OH is 7. The van der Waals surface area contributed by atoms with Crippen molar-refractivity contribution < 1.29 is 73.8 Å². The highest BCUT2D eigenvalue weighted by Gasteiger charge is 2.85. The molecular weight excluding hydrogens is 780 g/mol. The Kier molecular flexibility index (Phi) is 10.8. The summed E-state index contributed by atoms with van der Waals surface area (Å²) < 4.78 is 36.1. The lowest BCUT2D eigenvalue weighted by Gasteiger charge is -2.63. The van der Waals surface area contributed by atoms with E-state index in [0.717, 1.165) is 38.5 Å². The van der Waals surface area contributed by atoms with Crippen molar-refractivity contribution in [2.45, 2.75) is 205 Å². The number of ketones is 1. The molecule has 7 N–H and O–H groups in total. The fourth-order valence-electron chi connectivity index (χ4n) is 15.6. The van der Waals surface area contributed by atoms with E-state index in [-0.39, 0.29) is 52.5 Å². The van der Waals surface area contributed by atoms with Gasteiger partial charge in [-0.05, 0) is 118 Å². The Hall–Kier alpha value is -1.34. The van der Waals surface area contributed by atoms with Gasteiger partial charge in [-0.25, -0.2) is 0 Å². The summed E-state index contributed by atoms with van der Waals surface area (Å²) in [6.45, 7) is 19.3. The molecule has 5 aliphatic carbocycles. The van der Waals surface area contributed by atoms with Crippen LogP contribution in [0.5, 0.6) is 0 Å². The van der Waals surface area contributed by atoms with E-state index in [9.17, 15) is 45.3 Å². The first-order valence-corrected chi connectivity index (χ1v) is 22.4. The molecule has 0 aromatic rings. The number of hydrogen-bond acceptors (Lipinski definition) is 15. The fraction of sp³-hybridized carbons (Fsp3) is 0.956. The summed E-state index contributed by atoms with van der Waals surface area (Å²) in [4.78, 5) is 27.1. The van der Waals surface area contributed by atoms with Crippen LogP contribution in [0.4, 0.5) is 0 Å². The topological polar surface area (TPSA) is 234 Å². The van der Waals surface area contributed by atoms with E-state index >= 15 is 0 Å². The molecule has 21 unspecified atom stereocenters. The van der Waals surface area contributed by atoms with Crippen molar-refractivity contribution in [1.29, 1.82) is 0 Å². The van der Waals surface area contributed by atoms with Gasteiger partial charge in [-0.15, -0.1) is 0 Å². The Bertz CT molecular complexity index is 1710. The van der Waals surface area contributed by atoms with E-state index in [1.165, 1.54) is 6.92 Å². The maximum atomic E-state index is 14.6. The lowest BCUT2D eigenvalue weighted by molar-refractivity contribution is -0.356. The number of esters is 1. The summed E-state index contributed by atoms with van der Waals surface area (Å²) in [5.41, 5.74) is -3.71. The first-order chi connectivity index (χ1) is 27.7. The zero-order chi connectivity index (χ0) is 44.1. The van der Waals surface area contributed by atoms with Crippen molar-refractivity contribution in [2.24, 2.45) is 50.7 Å². The Balaban J connectivity index is 0.983. The van der Waals surface area contributed by atoms with Crippen molar-refractivity contribution in [1.82, 2.24) is 0 Å². The molecule has 3 saturated heterocycles. The molecule has 60 heavy (non-hydrogen) atoms. The summed E-state index contributed by atoms with van der Waals surface area (Å²) in [7, 11) is 0. The number of aliphatic hydroxyl groups is 7. The van der Waals surface area contributed by atoms with Gasteiger partial charge in [-0.1, -0.05) is 34.6 Å². The van der Waals surface area contributed by atoms with Crippen LogP contribution in [0, 0.1) is 50.7 Å². The second-order valence-electron chi connectivity index (χ2n) is 22.3. The average Bonchev–Trinajstić information content (AvgIpc) is 3.98. The minimum Gasteiger partial charge on any atom is -0.456 e. The molecule has 2 spiro atoms. The minimum atomic E-state index is -1.71. The van der Waals surface area contributed by atoms with Crippen LogP contribution in [-0.2, 0) is 38.0 Å². The normalized spacial score (nSPS) is 54.0. The summed E-state index contributed by atoms with van der Waals surface area (Å²) in [6.07, 6.45) is -8.00. The molecule has 8 aliphatic rings. The lowest BCUT2D eigenvalue weighted by Crippen LogP contribution is -2.63. The van der Waals surface area contributed by atoms with Crippen LogP contribution in [0.15, 0.2) is 0 Å². The van der Waals surface area contributed by atoms with Crippen LogP contribution < -0.4 is 0 Å². The largest absolute Gasteiger partial charge is 0.456 e. The van der Waals surface area contributed by atoms with Crippen molar-refractivity contribution in [2.75, 3.05) is 13.2 Å². The van der Waals surface area contributed by atoms with E-state index < -0.39 is 108 Å². The van der Waals surface area contributed by atoms with Gasteiger partial charge in [0.25, 0.3) is 0 Å². The quantitative estimate of drug-likeness (QED) is 0.0948. The summed E-state index contributed by atoms with van der Waals surface area (Å²) in [5, 5.41) is 75.3. The zero-order valence-electron chi connectivity index (χ0n) is 37.1. The Morgan fingerprint density at radius 3 is 2.10 bits per heavy atom. The fourth-order valence-corrected chi connectivity index (χ4v) is 15.6. The van der Waals surface area contributed by atoms with Crippen LogP contribution in [0.25, 0.3) is 0 Å². The molecule has 8 rings (SSSR count). The van der Waals surface area contributed by atoms with Gasteiger partial charge in [0.05, 0.1) is 24.9 Å². The van der Waals surface area contributed by atoms with Gasteiger partial charge in [-0.2, -0.15) is 0 Å². The van der Waals surface area contributed by atoms with E-state index in [1.54, 1.807) is 0 Å². The van der Waals surface area contributed by atoms with Crippen LogP contribution in [0.2, 0.25) is 0 Å². The molecule has 8 fully saturated rings. The Morgan fingerprint density at radius 2 is 1.48 bits per heavy atom. The standard InChI is InChI=1S/C45H72O15/c1-21(17-41(8,59-22(2)47)43(10)39(5,6)60-43)28-30(50)35(54)42(9)26-12-11-25-38(3,4)27(13-14-44(25)20-45(26,44)16-15-40(28,42)7)57-36-33(53)34(23(48)19-55-36)58-37-32(52)31(51)29(49)24(18-46)56-37/h21,23-29,31-37,46,48-49,51-54H,11-20H2,1-10H3.